The van der Waals surface area contributed by atoms with E-state index >= 15 is 0 Å². The van der Waals surface area contributed by atoms with Gasteiger partial charge >= 0.3 is 6.03 Å². The van der Waals surface area contributed by atoms with Crippen molar-refractivity contribution in [1.29, 1.82) is 0 Å². The molecule has 3 heterocycles. The van der Waals surface area contributed by atoms with Gasteiger partial charge in [-0.2, -0.15) is 0 Å². The third kappa shape index (κ3) is 3.35. The Kier molecular flexibility index (Phi) is 5.25. The van der Waals surface area contributed by atoms with Gasteiger partial charge in [0.15, 0.2) is 5.54 Å². The Labute approximate surface area is 163 Å². The summed E-state index contributed by atoms with van der Waals surface area (Å²) in [5.74, 6) is -0.321. The number of carbonyl (C=O) groups excluding carboxylic acids is 2. The Morgan fingerprint density at radius 3 is 2.82 bits per heavy atom. The molecule has 0 radical (unpaired) electrons. The second kappa shape index (κ2) is 7.67. The van der Waals surface area contributed by atoms with Crippen LogP contribution in [0.15, 0.2) is 18.2 Å². The number of imide groups is 1. The molecule has 1 aromatic carbocycles. The average molecular weight is 391 g/mol. The second-order valence-electron chi connectivity index (χ2n) is 7.66. The number of piperidine rings is 1. The van der Waals surface area contributed by atoms with Crippen molar-refractivity contribution in [2.45, 2.75) is 37.3 Å². The number of benzene rings is 1. The Morgan fingerprint density at radius 2 is 2.07 bits per heavy atom. The summed E-state index contributed by atoms with van der Waals surface area (Å²) in [6.45, 7) is 3.41. The highest BCUT2D eigenvalue weighted by Gasteiger charge is 2.54. The molecule has 1 atom stereocenters. The van der Waals surface area contributed by atoms with Crippen LogP contribution in [0.5, 0.6) is 5.75 Å². The van der Waals surface area contributed by atoms with Gasteiger partial charge in [0, 0.05) is 38.7 Å². The maximum atomic E-state index is 13.8. The van der Waals surface area contributed by atoms with Gasteiger partial charge in [-0.3, -0.25) is 9.69 Å². The van der Waals surface area contributed by atoms with Crippen LogP contribution >= 0.6 is 0 Å². The Hall–Kier alpha value is -2.19. The molecule has 1 aromatic rings. The summed E-state index contributed by atoms with van der Waals surface area (Å²) in [6, 6.07) is 3.68. The molecule has 3 aliphatic heterocycles. The summed E-state index contributed by atoms with van der Waals surface area (Å²) in [4.78, 5) is 29.3. The number of ether oxygens (including phenoxy) is 2. The van der Waals surface area contributed by atoms with Crippen molar-refractivity contribution >= 4 is 11.9 Å². The molecule has 1 spiro atoms. The van der Waals surface area contributed by atoms with Crippen LogP contribution in [-0.2, 0) is 15.1 Å². The highest BCUT2D eigenvalue weighted by Crippen LogP contribution is 2.41. The van der Waals surface area contributed by atoms with Crippen molar-refractivity contribution in [2.24, 2.45) is 0 Å². The SMILES string of the molecule is COC1CCN(CCCN2C(=O)NC3(CCOc4ccc(F)cc43)C2=O)CC1. The fourth-order valence-corrected chi connectivity index (χ4v) is 4.41. The minimum atomic E-state index is -1.22. The molecule has 0 saturated carbocycles. The average Bonchev–Trinajstić information content (AvgIpc) is 2.94. The van der Waals surface area contributed by atoms with Crippen molar-refractivity contribution in [1.82, 2.24) is 15.1 Å². The van der Waals surface area contributed by atoms with Gasteiger partial charge in [-0.15, -0.1) is 0 Å². The van der Waals surface area contributed by atoms with Gasteiger partial charge in [0.1, 0.15) is 11.6 Å². The standard InChI is InChI=1S/C20H26FN3O4/c1-27-15-5-10-23(11-6-15)8-2-9-24-18(25)20(22-19(24)26)7-12-28-17-4-3-14(21)13-16(17)20/h3-4,13,15H,2,5-12H2,1H3,(H,22,26). The molecule has 2 fully saturated rings. The Balaban J connectivity index is 1.41. The van der Waals surface area contributed by atoms with E-state index in [0.29, 0.717) is 43.4 Å². The lowest BCUT2D eigenvalue weighted by molar-refractivity contribution is -0.132. The highest BCUT2D eigenvalue weighted by molar-refractivity contribution is 6.07. The van der Waals surface area contributed by atoms with Gasteiger partial charge in [-0.05, 0) is 44.0 Å². The molecule has 0 bridgehead atoms. The minimum absolute atomic E-state index is 0.299. The van der Waals surface area contributed by atoms with Crippen molar-refractivity contribution in [3.05, 3.63) is 29.6 Å². The number of hydrogen-bond donors (Lipinski definition) is 1. The molecule has 4 rings (SSSR count). The smallest absolute Gasteiger partial charge is 0.325 e. The molecule has 1 N–H and O–H groups in total. The van der Waals surface area contributed by atoms with E-state index in [1.165, 1.54) is 23.1 Å². The van der Waals surface area contributed by atoms with E-state index in [4.69, 9.17) is 9.47 Å². The molecular weight excluding hydrogens is 365 g/mol. The first-order valence-corrected chi connectivity index (χ1v) is 9.85. The lowest BCUT2D eigenvalue weighted by Gasteiger charge is -2.33. The number of urea groups is 1. The number of amides is 3. The number of carbonyl (C=O) groups is 2. The maximum Gasteiger partial charge on any atom is 0.325 e. The van der Waals surface area contributed by atoms with E-state index in [0.717, 1.165) is 32.5 Å². The zero-order valence-electron chi connectivity index (χ0n) is 16.1. The molecule has 2 saturated heterocycles. The molecule has 3 aliphatic rings. The van der Waals surface area contributed by atoms with E-state index in [1.54, 1.807) is 7.11 Å². The van der Waals surface area contributed by atoms with Crippen LogP contribution in [0.2, 0.25) is 0 Å². The van der Waals surface area contributed by atoms with Crippen LogP contribution in [0.1, 0.15) is 31.2 Å². The van der Waals surface area contributed by atoms with Gasteiger partial charge in [0.05, 0.1) is 12.7 Å². The number of nitrogens with one attached hydrogen (secondary N) is 1. The quantitative estimate of drug-likeness (QED) is 0.776. The van der Waals surface area contributed by atoms with Crippen LogP contribution < -0.4 is 10.1 Å². The number of likely N-dealkylation sites (tertiary alicyclic amines) is 1. The summed E-state index contributed by atoms with van der Waals surface area (Å²) in [7, 11) is 1.74. The normalized spacial score (nSPS) is 25.7. The van der Waals surface area contributed by atoms with Crippen LogP contribution in [0.25, 0.3) is 0 Å². The topological polar surface area (TPSA) is 71.1 Å². The Bertz CT molecular complexity index is 766. The van der Waals surface area contributed by atoms with Gasteiger partial charge < -0.3 is 19.7 Å². The molecule has 28 heavy (non-hydrogen) atoms. The first-order valence-electron chi connectivity index (χ1n) is 9.85. The molecule has 7 nitrogen and oxygen atoms in total. The van der Waals surface area contributed by atoms with E-state index in [-0.39, 0.29) is 5.91 Å². The first kappa shape index (κ1) is 19.1. The van der Waals surface area contributed by atoms with Crippen molar-refractivity contribution in [3.8, 4) is 5.75 Å². The monoisotopic (exact) mass is 391 g/mol. The molecule has 0 aliphatic carbocycles. The highest BCUT2D eigenvalue weighted by atomic mass is 19.1. The van der Waals surface area contributed by atoms with Crippen LogP contribution in [0.4, 0.5) is 9.18 Å². The molecule has 8 heteroatoms. The first-order chi connectivity index (χ1) is 13.5. The zero-order valence-corrected chi connectivity index (χ0v) is 16.1. The van der Waals surface area contributed by atoms with Crippen LogP contribution in [0.3, 0.4) is 0 Å². The zero-order chi connectivity index (χ0) is 19.7. The molecule has 0 aromatic heterocycles. The molecule has 152 valence electrons. The third-order valence-electron chi connectivity index (χ3n) is 6.04. The Morgan fingerprint density at radius 1 is 1.29 bits per heavy atom. The molecule has 1 unspecified atom stereocenters. The van der Waals surface area contributed by atoms with Gasteiger partial charge in [-0.1, -0.05) is 0 Å². The summed E-state index contributed by atoms with van der Waals surface area (Å²) in [5.41, 5.74) is -0.815. The maximum absolute atomic E-state index is 13.8. The molecular formula is C20H26FN3O4. The second-order valence-corrected chi connectivity index (χ2v) is 7.66. The number of nitrogens with zero attached hydrogens (tertiary/aromatic N) is 2. The lowest BCUT2D eigenvalue weighted by Crippen LogP contribution is -2.47. The van der Waals surface area contributed by atoms with E-state index in [2.05, 4.69) is 10.2 Å². The van der Waals surface area contributed by atoms with E-state index < -0.39 is 17.4 Å². The lowest BCUT2D eigenvalue weighted by atomic mass is 9.84. The summed E-state index contributed by atoms with van der Waals surface area (Å²) >= 11 is 0. The number of rotatable bonds is 5. The van der Waals surface area contributed by atoms with Gasteiger partial charge in [0.25, 0.3) is 5.91 Å². The minimum Gasteiger partial charge on any atom is -0.493 e. The summed E-state index contributed by atoms with van der Waals surface area (Å²) in [5, 5.41) is 2.82. The fraction of sp³-hybridized carbons (Fsp3) is 0.600. The van der Waals surface area contributed by atoms with Crippen molar-refractivity contribution < 1.29 is 23.5 Å². The summed E-state index contributed by atoms with van der Waals surface area (Å²) < 4.78 is 24.7. The van der Waals surface area contributed by atoms with Gasteiger partial charge in [-0.25, -0.2) is 9.18 Å². The number of fused-ring (bicyclic) bond motifs is 2. The van der Waals surface area contributed by atoms with Crippen molar-refractivity contribution in [2.75, 3.05) is 39.9 Å². The van der Waals surface area contributed by atoms with Crippen molar-refractivity contribution in [3.63, 3.8) is 0 Å². The third-order valence-corrected chi connectivity index (χ3v) is 6.04. The van der Waals surface area contributed by atoms with Crippen LogP contribution in [-0.4, -0.2) is 67.7 Å². The van der Waals surface area contributed by atoms with Gasteiger partial charge in [0.2, 0.25) is 0 Å². The number of hydrogen-bond acceptors (Lipinski definition) is 5. The summed E-state index contributed by atoms with van der Waals surface area (Å²) in [6.07, 6.45) is 3.35. The van der Waals surface area contributed by atoms with Crippen LogP contribution in [0, 0.1) is 5.82 Å². The molecule has 3 amide bonds. The number of methoxy groups -OCH3 is 1. The predicted octanol–water partition coefficient (Wildman–Crippen LogP) is 1.86. The largest absolute Gasteiger partial charge is 0.493 e. The van der Waals surface area contributed by atoms with E-state index in [1.807, 2.05) is 0 Å². The van der Waals surface area contributed by atoms with E-state index in [9.17, 15) is 14.0 Å². The predicted molar refractivity (Wildman–Crippen MR) is 99.5 cm³/mol. The number of halogens is 1. The fourth-order valence-electron chi connectivity index (χ4n) is 4.41.